The summed E-state index contributed by atoms with van der Waals surface area (Å²) >= 11 is 0. The normalized spacial score (nSPS) is 10.9. The lowest BCUT2D eigenvalue weighted by Crippen LogP contribution is -2.07. The number of carbonyl (C=O) groups is 1. The van der Waals surface area contributed by atoms with Gasteiger partial charge in [-0.25, -0.2) is 4.39 Å². The van der Waals surface area contributed by atoms with Crippen molar-refractivity contribution < 1.29 is 18.5 Å². The molecule has 3 rings (SSSR count). The van der Waals surface area contributed by atoms with Crippen LogP contribution in [0, 0.1) is 15.9 Å². The van der Waals surface area contributed by atoms with E-state index in [1.807, 2.05) is 0 Å². The number of hydrogen-bond acceptors (Lipinski definition) is 6. The fraction of sp³-hybridized carbons (Fsp3) is 0.0556. The number of non-ortho nitro benzene ring substituents is 1. The highest BCUT2D eigenvalue weighted by Crippen LogP contribution is 2.14. The molecule has 136 valence electrons. The number of nitro groups is 1. The molecular formula is C18H13FN4O4. The molecule has 0 radical (unpaired) electrons. The van der Waals surface area contributed by atoms with Crippen LogP contribution in [0.2, 0.25) is 0 Å². The zero-order valence-corrected chi connectivity index (χ0v) is 13.8. The standard InChI is InChI=1S/C18H13FN4O4/c19-14-6-1-13(2-7-14)11-17-21-22-18(27-17)20-16(24)10-5-12-3-8-15(9-4-12)23(25)26/h1-10H,11H2,(H,20,22,24). The van der Waals surface area contributed by atoms with E-state index in [-0.39, 0.29) is 23.4 Å². The Hall–Kier alpha value is -3.88. The molecule has 1 aromatic heterocycles. The van der Waals surface area contributed by atoms with Crippen molar-refractivity contribution in [1.82, 2.24) is 10.2 Å². The maximum absolute atomic E-state index is 12.9. The summed E-state index contributed by atoms with van der Waals surface area (Å²) in [7, 11) is 0. The predicted molar refractivity (Wildman–Crippen MR) is 94.3 cm³/mol. The summed E-state index contributed by atoms with van der Waals surface area (Å²) in [5, 5.41) is 20.6. The summed E-state index contributed by atoms with van der Waals surface area (Å²) in [5.41, 5.74) is 1.38. The molecular weight excluding hydrogens is 355 g/mol. The fourth-order valence-corrected chi connectivity index (χ4v) is 2.18. The molecule has 0 unspecified atom stereocenters. The third-order valence-electron chi connectivity index (χ3n) is 3.50. The van der Waals surface area contributed by atoms with E-state index in [1.165, 1.54) is 48.6 Å². The monoisotopic (exact) mass is 368 g/mol. The summed E-state index contributed by atoms with van der Waals surface area (Å²) in [5.74, 6) is -0.557. The first-order valence-corrected chi connectivity index (χ1v) is 7.80. The molecule has 0 saturated carbocycles. The molecule has 3 aromatic rings. The van der Waals surface area contributed by atoms with Crippen LogP contribution in [0.3, 0.4) is 0 Å². The van der Waals surface area contributed by atoms with Gasteiger partial charge in [-0.05, 0) is 41.5 Å². The van der Waals surface area contributed by atoms with E-state index >= 15 is 0 Å². The van der Waals surface area contributed by atoms with Gasteiger partial charge in [0.05, 0.1) is 11.3 Å². The molecule has 27 heavy (non-hydrogen) atoms. The van der Waals surface area contributed by atoms with Crippen LogP contribution < -0.4 is 5.32 Å². The van der Waals surface area contributed by atoms with Crippen molar-refractivity contribution in [2.45, 2.75) is 6.42 Å². The number of rotatable bonds is 6. The number of carbonyl (C=O) groups excluding carboxylic acids is 1. The van der Waals surface area contributed by atoms with E-state index in [0.29, 0.717) is 12.0 Å². The molecule has 0 aliphatic heterocycles. The molecule has 0 saturated heterocycles. The van der Waals surface area contributed by atoms with Gasteiger partial charge in [-0.1, -0.05) is 17.2 Å². The molecule has 0 fully saturated rings. The van der Waals surface area contributed by atoms with Crippen molar-refractivity contribution in [3.63, 3.8) is 0 Å². The van der Waals surface area contributed by atoms with Crippen LogP contribution in [0.1, 0.15) is 17.0 Å². The molecule has 0 spiro atoms. The van der Waals surface area contributed by atoms with Gasteiger partial charge in [-0.2, -0.15) is 0 Å². The van der Waals surface area contributed by atoms with Crippen molar-refractivity contribution in [1.29, 1.82) is 0 Å². The number of nitro benzene ring substituents is 1. The molecule has 0 aliphatic rings. The second-order valence-corrected chi connectivity index (χ2v) is 5.48. The summed E-state index contributed by atoms with van der Waals surface area (Å²) in [6, 6.07) is 11.5. The van der Waals surface area contributed by atoms with Crippen molar-refractivity contribution in [2.24, 2.45) is 0 Å². The lowest BCUT2D eigenvalue weighted by molar-refractivity contribution is -0.384. The van der Waals surface area contributed by atoms with E-state index in [0.717, 1.165) is 5.56 Å². The minimum atomic E-state index is -0.501. The van der Waals surface area contributed by atoms with E-state index in [2.05, 4.69) is 15.5 Å². The number of hydrogen-bond donors (Lipinski definition) is 1. The minimum Gasteiger partial charge on any atom is -0.407 e. The quantitative estimate of drug-likeness (QED) is 0.406. The molecule has 0 atom stereocenters. The van der Waals surface area contributed by atoms with Gasteiger partial charge < -0.3 is 4.42 Å². The van der Waals surface area contributed by atoms with Gasteiger partial charge in [0.15, 0.2) is 0 Å². The molecule has 1 N–H and O–H groups in total. The highest BCUT2D eigenvalue weighted by atomic mass is 19.1. The molecule has 1 heterocycles. The Morgan fingerprint density at radius 2 is 1.85 bits per heavy atom. The van der Waals surface area contributed by atoms with Crippen molar-refractivity contribution in [2.75, 3.05) is 5.32 Å². The van der Waals surface area contributed by atoms with E-state index in [9.17, 15) is 19.3 Å². The summed E-state index contributed by atoms with van der Waals surface area (Å²) < 4.78 is 18.2. The van der Waals surface area contributed by atoms with Crippen molar-refractivity contribution in [3.05, 3.63) is 87.6 Å². The lowest BCUT2D eigenvalue weighted by atomic mass is 10.1. The van der Waals surface area contributed by atoms with Crippen molar-refractivity contribution >= 4 is 23.7 Å². The number of benzene rings is 2. The molecule has 1 amide bonds. The number of halogens is 1. The Bertz CT molecular complexity index is 981. The average molecular weight is 368 g/mol. The largest absolute Gasteiger partial charge is 0.407 e. The number of nitrogens with one attached hydrogen (secondary N) is 1. The van der Waals surface area contributed by atoms with Gasteiger partial charge in [0, 0.05) is 18.2 Å². The van der Waals surface area contributed by atoms with Gasteiger partial charge in [-0.3, -0.25) is 20.2 Å². The zero-order valence-electron chi connectivity index (χ0n) is 13.8. The third kappa shape index (κ3) is 5.05. The smallest absolute Gasteiger partial charge is 0.322 e. The first kappa shape index (κ1) is 17.9. The van der Waals surface area contributed by atoms with Crippen LogP contribution in [-0.4, -0.2) is 21.0 Å². The number of nitrogens with zero attached hydrogens (tertiary/aromatic N) is 3. The lowest BCUT2D eigenvalue weighted by Gasteiger charge is -1.97. The molecule has 8 nitrogen and oxygen atoms in total. The average Bonchev–Trinajstić information content (AvgIpc) is 3.09. The van der Waals surface area contributed by atoms with E-state index in [1.54, 1.807) is 12.1 Å². The summed E-state index contributed by atoms with van der Waals surface area (Å²) in [4.78, 5) is 22.0. The highest BCUT2D eigenvalue weighted by Gasteiger charge is 2.09. The molecule has 0 aliphatic carbocycles. The van der Waals surface area contributed by atoms with Crippen LogP contribution in [-0.2, 0) is 11.2 Å². The highest BCUT2D eigenvalue weighted by molar-refractivity contribution is 6.00. The number of aromatic nitrogens is 2. The molecule has 0 bridgehead atoms. The van der Waals surface area contributed by atoms with E-state index in [4.69, 9.17) is 4.42 Å². The SMILES string of the molecule is O=C(C=Cc1ccc([N+](=O)[O-])cc1)Nc1nnc(Cc2ccc(F)cc2)o1. The summed E-state index contributed by atoms with van der Waals surface area (Å²) in [6.07, 6.45) is 3.04. The molecule has 9 heteroatoms. The minimum absolute atomic E-state index is 0.0313. The van der Waals surface area contributed by atoms with Crippen LogP contribution in [0.4, 0.5) is 16.1 Å². The van der Waals surface area contributed by atoms with Gasteiger partial charge in [0.1, 0.15) is 5.82 Å². The Balaban J connectivity index is 1.57. The van der Waals surface area contributed by atoms with Gasteiger partial charge in [0.25, 0.3) is 11.6 Å². The Kier molecular flexibility index (Phi) is 5.31. The van der Waals surface area contributed by atoms with Crippen LogP contribution in [0.5, 0.6) is 0 Å². The molecule has 2 aromatic carbocycles. The first-order chi connectivity index (χ1) is 13.0. The Morgan fingerprint density at radius 3 is 2.52 bits per heavy atom. The first-order valence-electron chi connectivity index (χ1n) is 7.80. The van der Waals surface area contributed by atoms with Crippen molar-refractivity contribution in [3.8, 4) is 0 Å². The maximum atomic E-state index is 12.9. The second-order valence-electron chi connectivity index (χ2n) is 5.48. The topological polar surface area (TPSA) is 111 Å². The summed E-state index contributed by atoms with van der Waals surface area (Å²) in [6.45, 7) is 0. The Morgan fingerprint density at radius 1 is 1.15 bits per heavy atom. The van der Waals surface area contributed by atoms with Crippen LogP contribution in [0.25, 0.3) is 6.08 Å². The number of anilines is 1. The zero-order chi connectivity index (χ0) is 19.2. The second kappa shape index (κ2) is 8.00. The number of amides is 1. The third-order valence-corrected chi connectivity index (χ3v) is 3.50. The van der Waals surface area contributed by atoms with E-state index < -0.39 is 10.8 Å². The Labute approximate surface area is 152 Å². The van der Waals surface area contributed by atoms with Crippen LogP contribution in [0.15, 0.2) is 59.0 Å². The van der Waals surface area contributed by atoms with Gasteiger partial charge in [0.2, 0.25) is 5.89 Å². The maximum Gasteiger partial charge on any atom is 0.322 e. The van der Waals surface area contributed by atoms with Crippen LogP contribution >= 0.6 is 0 Å². The fourth-order valence-electron chi connectivity index (χ4n) is 2.18. The van der Waals surface area contributed by atoms with Gasteiger partial charge in [-0.15, -0.1) is 5.10 Å². The van der Waals surface area contributed by atoms with Gasteiger partial charge >= 0.3 is 6.01 Å². The predicted octanol–water partition coefficient (Wildman–Crippen LogP) is 3.36.